The Balaban J connectivity index is 1.55. The van der Waals surface area contributed by atoms with Crippen molar-refractivity contribution in [2.24, 2.45) is 5.10 Å². The summed E-state index contributed by atoms with van der Waals surface area (Å²) in [5, 5.41) is 5.51. The van der Waals surface area contributed by atoms with E-state index in [0.29, 0.717) is 22.4 Å². The van der Waals surface area contributed by atoms with Gasteiger partial charge in [0.15, 0.2) is 0 Å². The molecule has 0 unspecified atom stereocenters. The fourth-order valence-electron chi connectivity index (χ4n) is 5.09. The molecule has 204 valence electrons. The lowest BCUT2D eigenvalue weighted by atomic mass is 9.92. The number of rotatable bonds is 6. The molecule has 4 aromatic carbocycles. The molecule has 2 heterocycles. The van der Waals surface area contributed by atoms with Gasteiger partial charge in [-0.3, -0.25) is 4.79 Å². The number of fused-ring (bicyclic) bond motifs is 1. The molecule has 1 aliphatic heterocycles. The molecule has 0 saturated carbocycles. The third-order valence-electron chi connectivity index (χ3n) is 7.11. The molecule has 1 atom stereocenters. The third-order valence-corrected chi connectivity index (χ3v) is 9.31. The Morgan fingerprint density at radius 2 is 1.59 bits per heavy atom. The quantitative estimate of drug-likeness (QED) is 0.218. The zero-order valence-corrected chi connectivity index (χ0v) is 24.6. The van der Waals surface area contributed by atoms with Gasteiger partial charge in [-0.2, -0.15) is 17.9 Å². The maximum Gasteiger partial charge on any atom is 0.279 e. The van der Waals surface area contributed by atoms with Crippen molar-refractivity contribution < 1.29 is 8.42 Å². The van der Waals surface area contributed by atoms with Gasteiger partial charge in [0.05, 0.1) is 22.2 Å². The Morgan fingerprint density at radius 3 is 2.29 bits per heavy atom. The van der Waals surface area contributed by atoms with E-state index < -0.39 is 16.1 Å². The molecule has 0 amide bonds. The van der Waals surface area contributed by atoms with E-state index in [2.05, 4.69) is 26.0 Å². The molecule has 0 radical (unpaired) electrons. The molecule has 5 aromatic rings. The summed E-state index contributed by atoms with van der Waals surface area (Å²) in [4.78, 5) is 16.9. The van der Waals surface area contributed by atoms with Crippen molar-refractivity contribution in [3.05, 3.63) is 141 Å². The van der Waals surface area contributed by atoms with Crippen LogP contribution in [0.2, 0.25) is 0 Å². The number of nitrogens with zero attached hydrogens (tertiary/aromatic N) is 2. The number of hydrogen-bond acceptors (Lipinski definition) is 4. The van der Waals surface area contributed by atoms with Crippen molar-refractivity contribution in [1.82, 2.24) is 9.40 Å². The third kappa shape index (κ3) is 5.28. The number of hydrogen-bond donors (Lipinski definition) is 1. The van der Waals surface area contributed by atoms with Gasteiger partial charge in [-0.05, 0) is 48.4 Å². The average molecular weight is 625 g/mol. The number of nitrogens with one attached hydrogen (secondary N) is 1. The molecule has 6 rings (SSSR count). The summed E-state index contributed by atoms with van der Waals surface area (Å²) >= 11 is 3.57. The zero-order chi connectivity index (χ0) is 28.6. The molecule has 0 spiro atoms. The van der Waals surface area contributed by atoms with Gasteiger partial charge in [0.25, 0.3) is 15.6 Å². The largest absolute Gasteiger partial charge is 0.321 e. The molecule has 0 aliphatic carbocycles. The minimum Gasteiger partial charge on any atom is -0.321 e. The van der Waals surface area contributed by atoms with Crippen LogP contribution in [0.3, 0.4) is 0 Å². The Morgan fingerprint density at radius 1 is 0.902 bits per heavy atom. The van der Waals surface area contributed by atoms with Crippen molar-refractivity contribution in [2.75, 3.05) is 0 Å². The molecule has 6 nitrogen and oxygen atoms in total. The van der Waals surface area contributed by atoms with E-state index >= 15 is 0 Å². The van der Waals surface area contributed by atoms with Crippen molar-refractivity contribution in [2.45, 2.75) is 24.3 Å². The molecule has 1 N–H and O–H groups in total. The Bertz CT molecular complexity index is 1970. The first-order chi connectivity index (χ1) is 19.8. The normalized spacial score (nSPS) is 15.5. The van der Waals surface area contributed by atoms with Crippen LogP contribution in [-0.4, -0.2) is 29.6 Å². The number of hydrazone groups is 1. The van der Waals surface area contributed by atoms with Gasteiger partial charge in [-0.25, -0.2) is 0 Å². The molecule has 0 saturated heterocycles. The molecule has 1 aromatic heterocycles. The Labute approximate surface area is 246 Å². The summed E-state index contributed by atoms with van der Waals surface area (Å²) in [6.45, 7) is 1.91. The maximum atomic E-state index is 13.9. The second-order valence-corrected chi connectivity index (χ2v) is 12.6. The topological polar surface area (TPSA) is 82.6 Å². The highest BCUT2D eigenvalue weighted by atomic mass is 79.9. The minimum absolute atomic E-state index is 0.144. The van der Waals surface area contributed by atoms with E-state index in [0.717, 1.165) is 31.0 Å². The fourth-order valence-corrected chi connectivity index (χ4v) is 6.85. The molecule has 8 heteroatoms. The molecule has 0 fully saturated rings. The highest BCUT2D eigenvalue weighted by Crippen LogP contribution is 2.35. The number of halogens is 1. The summed E-state index contributed by atoms with van der Waals surface area (Å²) in [6, 6.07) is 31.1. The van der Waals surface area contributed by atoms with Gasteiger partial charge in [-0.1, -0.05) is 106 Å². The van der Waals surface area contributed by atoms with Crippen LogP contribution >= 0.6 is 15.9 Å². The van der Waals surface area contributed by atoms with E-state index in [9.17, 15) is 13.2 Å². The number of sulfonamides is 1. The maximum absolute atomic E-state index is 13.9. The van der Waals surface area contributed by atoms with E-state index in [-0.39, 0.29) is 16.9 Å². The predicted molar refractivity (Wildman–Crippen MR) is 168 cm³/mol. The fraction of sp³-hybridized carbons (Fsp3) is 0.0909. The molecule has 41 heavy (non-hydrogen) atoms. The van der Waals surface area contributed by atoms with E-state index in [1.165, 1.54) is 0 Å². The van der Waals surface area contributed by atoms with Crippen molar-refractivity contribution in [1.29, 1.82) is 0 Å². The summed E-state index contributed by atoms with van der Waals surface area (Å²) < 4.78 is 29.9. The number of aromatic amines is 1. The summed E-state index contributed by atoms with van der Waals surface area (Å²) in [6.07, 6.45) is 3.96. The predicted octanol–water partition coefficient (Wildman–Crippen LogP) is 7.15. The van der Waals surface area contributed by atoms with E-state index in [1.54, 1.807) is 24.3 Å². The van der Waals surface area contributed by atoms with Crippen LogP contribution in [-0.2, 0) is 10.0 Å². The zero-order valence-electron chi connectivity index (χ0n) is 22.2. The monoisotopic (exact) mass is 623 g/mol. The minimum atomic E-state index is -4.01. The van der Waals surface area contributed by atoms with Gasteiger partial charge >= 0.3 is 0 Å². The standard InChI is InChI=1S/C33H26BrN3O3S/c1-22-12-17-27(18-13-22)41(39,40)37-26(16-14-23-8-4-2-5-9-23)21-30(36-37)32-31(24-10-6-3-7-11-24)28-20-25(34)15-19-29(28)35-33(32)38/h2-20,26H,21H2,1H3,(H,35,38)/b16-14+/t26-/m1/s1. The van der Waals surface area contributed by atoms with Crippen LogP contribution < -0.4 is 5.56 Å². The first kappa shape index (κ1) is 26.9. The number of aromatic nitrogens is 1. The van der Waals surface area contributed by atoms with Crippen LogP contribution in [0.4, 0.5) is 0 Å². The molecular formula is C33H26BrN3O3S. The molecule has 1 aliphatic rings. The number of benzene rings is 4. The van der Waals surface area contributed by atoms with Crippen LogP contribution in [0.5, 0.6) is 0 Å². The summed E-state index contributed by atoms with van der Waals surface area (Å²) in [7, 11) is -4.01. The lowest BCUT2D eigenvalue weighted by Crippen LogP contribution is -2.31. The summed E-state index contributed by atoms with van der Waals surface area (Å²) in [5.41, 5.74) is 4.58. The lowest BCUT2D eigenvalue weighted by Gasteiger charge is -2.20. The number of H-pyrrole nitrogens is 1. The Hall–Kier alpha value is -4.27. The molecule has 0 bridgehead atoms. The van der Waals surface area contributed by atoms with Gasteiger partial charge in [-0.15, -0.1) is 0 Å². The van der Waals surface area contributed by atoms with Crippen LogP contribution in [0.1, 0.15) is 23.1 Å². The average Bonchev–Trinajstić information content (AvgIpc) is 3.41. The van der Waals surface area contributed by atoms with Crippen molar-refractivity contribution in [3.63, 3.8) is 0 Å². The first-order valence-corrected chi connectivity index (χ1v) is 15.4. The second kappa shape index (κ2) is 11.0. The summed E-state index contributed by atoms with van der Waals surface area (Å²) in [5.74, 6) is 0. The van der Waals surface area contributed by atoms with Crippen LogP contribution in [0, 0.1) is 6.92 Å². The van der Waals surface area contributed by atoms with Crippen molar-refractivity contribution >= 4 is 48.6 Å². The highest BCUT2D eigenvalue weighted by Gasteiger charge is 2.37. The lowest BCUT2D eigenvalue weighted by molar-refractivity contribution is 0.410. The van der Waals surface area contributed by atoms with E-state index in [1.807, 2.05) is 97.9 Å². The molecular weight excluding hydrogens is 598 g/mol. The number of pyridine rings is 1. The van der Waals surface area contributed by atoms with Gasteiger partial charge < -0.3 is 4.98 Å². The first-order valence-electron chi connectivity index (χ1n) is 13.1. The highest BCUT2D eigenvalue weighted by molar-refractivity contribution is 9.10. The SMILES string of the molecule is Cc1ccc(S(=O)(=O)N2N=C(c3c(-c4ccccc4)c4cc(Br)ccc4[nH]c3=O)C[C@H]2/C=C/c2ccccc2)cc1. The number of aryl methyl sites for hydroxylation is 1. The van der Waals surface area contributed by atoms with Gasteiger partial charge in [0.2, 0.25) is 0 Å². The van der Waals surface area contributed by atoms with Gasteiger partial charge in [0.1, 0.15) is 0 Å². The van der Waals surface area contributed by atoms with Crippen LogP contribution in [0.15, 0.2) is 128 Å². The second-order valence-electron chi connectivity index (χ2n) is 9.94. The van der Waals surface area contributed by atoms with Crippen molar-refractivity contribution in [3.8, 4) is 11.1 Å². The van der Waals surface area contributed by atoms with Gasteiger partial charge in [0, 0.05) is 27.4 Å². The Kier molecular flexibility index (Phi) is 7.19. The van der Waals surface area contributed by atoms with Crippen LogP contribution in [0.25, 0.3) is 28.1 Å². The van der Waals surface area contributed by atoms with E-state index in [4.69, 9.17) is 0 Å². The smallest absolute Gasteiger partial charge is 0.279 e.